The minimum atomic E-state index is -3.26. The van der Waals surface area contributed by atoms with Crippen molar-refractivity contribution in [3.05, 3.63) is 17.0 Å². The average Bonchev–Trinajstić information content (AvgIpc) is 3.15. The molecule has 1 aromatic rings. The molecule has 6 heteroatoms. The Morgan fingerprint density at radius 3 is 2.62 bits per heavy atom. The van der Waals surface area contributed by atoms with E-state index in [0.717, 1.165) is 30.7 Å². The number of sulfonamides is 1. The Labute approximate surface area is 131 Å². The molecule has 1 saturated heterocycles. The van der Waals surface area contributed by atoms with Gasteiger partial charge in [-0.3, -0.25) is 0 Å². The Bertz CT molecular complexity index is 570. The van der Waals surface area contributed by atoms with Crippen LogP contribution in [0, 0.1) is 5.92 Å². The van der Waals surface area contributed by atoms with Gasteiger partial charge in [-0.2, -0.15) is 4.31 Å². The second-order valence-corrected chi connectivity index (χ2v) is 9.62. The van der Waals surface area contributed by atoms with Gasteiger partial charge in [0.15, 0.2) is 0 Å². The van der Waals surface area contributed by atoms with Gasteiger partial charge >= 0.3 is 0 Å². The summed E-state index contributed by atoms with van der Waals surface area (Å²) in [5.74, 6) is 0.642. The SMILES string of the molecule is CC1CCN(S(=O)(=O)c2ccc(CCNC3CC3)s2)CC1. The molecule has 0 radical (unpaired) electrons. The lowest BCUT2D eigenvalue weighted by Gasteiger charge is -2.28. The van der Waals surface area contributed by atoms with Gasteiger partial charge in [0, 0.05) is 30.6 Å². The van der Waals surface area contributed by atoms with E-state index < -0.39 is 10.0 Å². The summed E-state index contributed by atoms with van der Waals surface area (Å²) in [6, 6.07) is 4.46. The highest BCUT2D eigenvalue weighted by molar-refractivity contribution is 7.91. The van der Waals surface area contributed by atoms with Crippen LogP contribution >= 0.6 is 11.3 Å². The van der Waals surface area contributed by atoms with Gasteiger partial charge < -0.3 is 5.32 Å². The Morgan fingerprint density at radius 2 is 1.95 bits per heavy atom. The van der Waals surface area contributed by atoms with Gasteiger partial charge in [-0.05, 0) is 50.2 Å². The molecular weight excluding hydrogens is 304 g/mol. The van der Waals surface area contributed by atoms with Crippen molar-refractivity contribution >= 4 is 21.4 Å². The van der Waals surface area contributed by atoms with E-state index >= 15 is 0 Å². The smallest absolute Gasteiger partial charge is 0.252 e. The van der Waals surface area contributed by atoms with Crippen LogP contribution in [0.2, 0.25) is 0 Å². The van der Waals surface area contributed by atoms with Crippen LogP contribution in [0.3, 0.4) is 0 Å². The van der Waals surface area contributed by atoms with E-state index in [2.05, 4.69) is 12.2 Å². The summed E-state index contributed by atoms with van der Waals surface area (Å²) in [7, 11) is -3.26. The first-order valence-electron chi connectivity index (χ1n) is 7.88. The van der Waals surface area contributed by atoms with Gasteiger partial charge in [0.25, 0.3) is 10.0 Å². The predicted molar refractivity (Wildman–Crippen MR) is 86.2 cm³/mol. The molecular formula is C15H24N2O2S2. The van der Waals surface area contributed by atoms with Crippen LogP contribution in [0.15, 0.2) is 16.3 Å². The maximum Gasteiger partial charge on any atom is 0.252 e. The molecule has 1 N–H and O–H groups in total. The summed E-state index contributed by atoms with van der Waals surface area (Å²) >= 11 is 1.44. The van der Waals surface area contributed by atoms with Crippen LogP contribution < -0.4 is 5.32 Å². The topological polar surface area (TPSA) is 49.4 Å². The third-order valence-corrected chi connectivity index (χ3v) is 7.87. The molecule has 2 aliphatic rings. The molecule has 2 heterocycles. The van der Waals surface area contributed by atoms with E-state index in [-0.39, 0.29) is 0 Å². The quantitative estimate of drug-likeness (QED) is 0.873. The third kappa shape index (κ3) is 3.86. The number of hydrogen-bond donors (Lipinski definition) is 1. The van der Waals surface area contributed by atoms with Gasteiger partial charge in [0.2, 0.25) is 0 Å². The molecule has 0 aromatic carbocycles. The first-order valence-corrected chi connectivity index (χ1v) is 10.1. The number of nitrogens with zero attached hydrogens (tertiary/aromatic N) is 1. The van der Waals surface area contributed by atoms with E-state index in [1.54, 1.807) is 10.4 Å². The first kappa shape index (κ1) is 15.5. The number of nitrogens with one attached hydrogen (secondary N) is 1. The molecule has 2 fully saturated rings. The minimum absolute atomic E-state index is 0.512. The van der Waals surface area contributed by atoms with Crippen LogP contribution in [0.4, 0.5) is 0 Å². The highest BCUT2D eigenvalue weighted by atomic mass is 32.2. The van der Waals surface area contributed by atoms with Crippen LogP contribution in [0.1, 0.15) is 37.5 Å². The normalized spacial score (nSPS) is 21.8. The summed E-state index contributed by atoms with van der Waals surface area (Å²) in [5, 5.41) is 3.47. The van der Waals surface area contributed by atoms with E-state index in [9.17, 15) is 8.42 Å². The molecule has 1 aliphatic carbocycles. The van der Waals surface area contributed by atoms with E-state index in [0.29, 0.717) is 29.3 Å². The average molecular weight is 329 g/mol. The largest absolute Gasteiger partial charge is 0.314 e. The predicted octanol–water partition coefficient (Wildman–Crippen LogP) is 2.46. The van der Waals surface area contributed by atoms with Gasteiger partial charge in [0.1, 0.15) is 4.21 Å². The Kier molecular flexibility index (Phi) is 4.69. The molecule has 0 bridgehead atoms. The van der Waals surface area contributed by atoms with Gasteiger partial charge in [-0.15, -0.1) is 11.3 Å². The first-order chi connectivity index (χ1) is 10.1. The van der Waals surface area contributed by atoms with Crippen molar-refractivity contribution in [3.63, 3.8) is 0 Å². The molecule has 118 valence electrons. The fourth-order valence-corrected chi connectivity index (χ4v) is 5.65. The Hall–Kier alpha value is -0.430. The van der Waals surface area contributed by atoms with Crippen molar-refractivity contribution < 1.29 is 8.42 Å². The van der Waals surface area contributed by atoms with Crippen molar-refractivity contribution in [1.82, 2.24) is 9.62 Å². The van der Waals surface area contributed by atoms with Crippen molar-refractivity contribution in [2.45, 2.75) is 49.3 Å². The summed E-state index contributed by atoms with van der Waals surface area (Å²) in [5.41, 5.74) is 0. The highest BCUT2D eigenvalue weighted by Gasteiger charge is 2.29. The standard InChI is InChI=1S/C15H24N2O2S2/c1-12-7-10-17(11-8-12)21(18,19)15-5-4-14(20-15)6-9-16-13-2-3-13/h4-5,12-13,16H,2-3,6-11H2,1H3. The monoisotopic (exact) mass is 328 g/mol. The van der Waals surface area contributed by atoms with Gasteiger partial charge in [0.05, 0.1) is 0 Å². The zero-order valence-electron chi connectivity index (χ0n) is 12.5. The molecule has 0 spiro atoms. The molecule has 21 heavy (non-hydrogen) atoms. The van der Waals surface area contributed by atoms with Crippen LogP contribution in [-0.2, 0) is 16.4 Å². The molecule has 1 aliphatic heterocycles. The van der Waals surface area contributed by atoms with E-state index in [1.807, 2.05) is 6.07 Å². The second-order valence-electron chi connectivity index (χ2n) is 6.29. The number of hydrogen-bond acceptors (Lipinski definition) is 4. The lowest BCUT2D eigenvalue weighted by atomic mass is 10.0. The number of rotatable bonds is 6. The van der Waals surface area contributed by atoms with Crippen molar-refractivity contribution in [3.8, 4) is 0 Å². The van der Waals surface area contributed by atoms with Crippen LogP contribution in [0.5, 0.6) is 0 Å². The van der Waals surface area contributed by atoms with Crippen molar-refractivity contribution in [2.75, 3.05) is 19.6 Å². The van der Waals surface area contributed by atoms with E-state index in [1.165, 1.54) is 24.2 Å². The highest BCUT2D eigenvalue weighted by Crippen LogP contribution is 2.28. The molecule has 4 nitrogen and oxygen atoms in total. The second kappa shape index (κ2) is 6.36. The molecule has 0 atom stereocenters. The fraction of sp³-hybridized carbons (Fsp3) is 0.733. The molecule has 3 rings (SSSR count). The zero-order valence-corrected chi connectivity index (χ0v) is 14.2. The van der Waals surface area contributed by atoms with Crippen LogP contribution in [0.25, 0.3) is 0 Å². The number of piperidine rings is 1. The van der Waals surface area contributed by atoms with Gasteiger partial charge in [-0.1, -0.05) is 6.92 Å². The Morgan fingerprint density at radius 1 is 1.24 bits per heavy atom. The summed E-state index contributed by atoms with van der Waals surface area (Å²) < 4.78 is 27.4. The fourth-order valence-electron chi connectivity index (χ4n) is 2.67. The molecule has 1 aromatic heterocycles. The van der Waals surface area contributed by atoms with Crippen LogP contribution in [-0.4, -0.2) is 38.4 Å². The van der Waals surface area contributed by atoms with Crippen molar-refractivity contribution in [2.24, 2.45) is 5.92 Å². The minimum Gasteiger partial charge on any atom is -0.314 e. The Balaban J connectivity index is 1.60. The maximum absolute atomic E-state index is 12.6. The van der Waals surface area contributed by atoms with Crippen molar-refractivity contribution in [1.29, 1.82) is 0 Å². The molecule has 1 saturated carbocycles. The molecule has 0 unspecified atom stereocenters. The maximum atomic E-state index is 12.6. The zero-order chi connectivity index (χ0) is 14.9. The summed E-state index contributed by atoms with van der Waals surface area (Å²) in [6.07, 6.45) is 5.45. The summed E-state index contributed by atoms with van der Waals surface area (Å²) in [6.45, 7) is 4.48. The number of thiophene rings is 1. The summed E-state index contributed by atoms with van der Waals surface area (Å²) in [4.78, 5) is 1.16. The molecule has 0 amide bonds. The van der Waals surface area contributed by atoms with E-state index in [4.69, 9.17) is 0 Å². The third-order valence-electron chi connectivity index (χ3n) is 4.36. The lowest BCUT2D eigenvalue weighted by Crippen LogP contribution is -2.37. The van der Waals surface area contributed by atoms with Gasteiger partial charge in [-0.25, -0.2) is 8.42 Å². The lowest BCUT2D eigenvalue weighted by molar-refractivity contribution is 0.288.